The number of aliphatic hydroxyl groups excluding tert-OH is 1. The van der Waals surface area contributed by atoms with Crippen LogP contribution >= 0.6 is 0 Å². The van der Waals surface area contributed by atoms with Crippen LogP contribution in [-0.2, 0) is 23.7 Å². The predicted molar refractivity (Wildman–Crippen MR) is 94.6 cm³/mol. The maximum absolute atomic E-state index is 12.2. The Hall–Kier alpha value is -1.03. The Kier molecular flexibility index (Phi) is 2.54. The number of carbonyl (C=O) groups excluding carboxylic acids is 1. The monoisotopic (exact) mass is 406 g/mol. The van der Waals surface area contributed by atoms with Crippen molar-refractivity contribution in [1.29, 1.82) is 0 Å². The normalized spacial score (nSPS) is 65.6. The Balaban J connectivity index is 1.45. The number of ether oxygens (including phenoxy) is 4. The number of hydrogen-bond acceptors (Lipinski definition) is 8. The second-order valence-corrected chi connectivity index (χ2v) is 10.8. The van der Waals surface area contributed by atoms with Crippen LogP contribution in [0.15, 0.2) is 11.1 Å². The maximum Gasteiger partial charge on any atom is 0.337 e. The number of epoxide rings is 3. The summed E-state index contributed by atoms with van der Waals surface area (Å²) >= 11 is 0. The average molecular weight is 406 g/mol. The van der Waals surface area contributed by atoms with Crippen molar-refractivity contribution in [2.45, 2.75) is 93.0 Å². The smallest absolute Gasteiger partial charge is 0.337 e. The van der Waals surface area contributed by atoms with Gasteiger partial charge in [0.25, 0.3) is 0 Å². The molecule has 0 bridgehead atoms. The SMILES string of the molecule is CC(C)[C@]12O[C@H]1[C@@H]1O[C@@]13[C@@]1(C)C[C@H](O)C4=C(COC4=O)[C@]1(O)C[C@@H]1O[C@@]13[C@]2(C)O. The molecule has 29 heavy (non-hydrogen) atoms. The Morgan fingerprint density at radius 1 is 1.03 bits per heavy atom. The molecule has 8 heteroatoms. The zero-order chi connectivity index (χ0) is 20.6. The van der Waals surface area contributed by atoms with Crippen LogP contribution in [0.3, 0.4) is 0 Å². The molecule has 3 N–H and O–H groups in total. The minimum Gasteiger partial charge on any atom is -0.458 e. The van der Waals surface area contributed by atoms with Crippen LogP contribution in [0.2, 0.25) is 0 Å². The van der Waals surface area contributed by atoms with Crippen LogP contribution in [0.5, 0.6) is 0 Å². The molecule has 0 aromatic rings. The zero-order valence-electron chi connectivity index (χ0n) is 16.9. The van der Waals surface area contributed by atoms with Crippen molar-refractivity contribution < 1.29 is 39.1 Å². The van der Waals surface area contributed by atoms with E-state index in [0.717, 1.165) is 0 Å². The molecule has 4 heterocycles. The summed E-state index contributed by atoms with van der Waals surface area (Å²) in [5.41, 5.74) is -5.85. The number of hydrogen-bond donors (Lipinski definition) is 3. The second-order valence-electron chi connectivity index (χ2n) is 10.8. The van der Waals surface area contributed by atoms with E-state index in [1.54, 1.807) is 6.92 Å². The molecule has 158 valence electrons. The van der Waals surface area contributed by atoms with E-state index in [0.29, 0.717) is 5.57 Å². The fraction of sp³-hybridized carbons (Fsp3) is 0.857. The topological polar surface area (TPSA) is 125 Å². The summed E-state index contributed by atoms with van der Waals surface area (Å²) in [7, 11) is 0. The molecule has 0 radical (unpaired) electrons. The third-order valence-corrected chi connectivity index (χ3v) is 9.78. The lowest BCUT2D eigenvalue weighted by Crippen LogP contribution is -2.78. The summed E-state index contributed by atoms with van der Waals surface area (Å²) in [6.07, 6.45) is -1.76. The number of aliphatic hydroxyl groups is 3. The Bertz CT molecular complexity index is 941. The molecule has 0 aromatic heterocycles. The van der Waals surface area contributed by atoms with Gasteiger partial charge in [0.05, 0.1) is 17.8 Å². The van der Waals surface area contributed by atoms with Crippen molar-refractivity contribution in [3.05, 3.63) is 11.1 Å². The van der Waals surface area contributed by atoms with E-state index in [1.165, 1.54) is 0 Å². The molecule has 3 aliphatic carbocycles. The third-order valence-electron chi connectivity index (χ3n) is 9.78. The van der Waals surface area contributed by atoms with Crippen molar-refractivity contribution in [3.63, 3.8) is 0 Å². The molecule has 0 aromatic carbocycles. The van der Waals surface area contributed by atoms with Gasteiger partial charge in [0.2, 0.25) is 0 Å². The highest BCUT2D eigenvalue weighted by Crippen LogP contribution is 2.85. The lowest BCUT2D eigenvalue weighted by Gasteiger charge is -2.60. The predicted octanol–water partition coefficient (Wildman–Crippen LogP) is -0.421. The number of rotatable bonds is 1. The molecule has 8 nitrogen and oxygen atoms in total. The molecular formula is C21H26O8. The van der Waals surface area contributed by atoms with E-state index < -0.39 is 51.6 Å². The standard InChI is InChI=1S/C21H26O8/c1-8(2)19-13(28-19)14-21(29-14)16(3)5-10(22)12-9(7-26-15(12)23)18(16,25)6-11-20(21,27-11)17(19,4)24/h8,10-11,13-14,22,24-25H,5-7H2,1-4H3/t10-,11-,13-,14-,16-,17+,18+,19-,20+,21+/m0/s1. The van der Waals surface area contributed by atoms with Crippen LogP contribution in [-0.4, -0.2) is 80.3 Å². The van der Waals surface area contributed by atoms with E-state index in [4.69, 9.17) is 18.9 Å². The van der Waals surface area contributed by atoms with E-state index in [9.17, 15) is 20.1 Å². The van der Waals surface area contributed by atoms with Crippen LogP contribution in [0, 0.1) is 11.3 Å². The van der Waals surface area contributed by atoms with Gasteiger partial charge in [-0.1, -0.05) is 20.8 Å². The van der Waals surface area contributed by atoms with Crippen molar-refractivity contribution in [2.24, 2.45) is 11.3 Å². The van der Waals surface area contributed by atoms with E-state index in [1.807, 2.05) is 20.8 Å². The highest BCUT2D eigenvalue weighted by Gasteiger charge is 3.04. The third kappa shape index (κ3) is 1.29. The van der Waals surface area contributed by atoms with Gasteiger partial charge < -0.3 is 34.3 Å². The minimum absolute atomic E-state index is 0.0377. The van der Waals surface area contributed by atoms with Gasteiger partial charge in [-0.2, -0.15) is 0 Å². The Labute approximate surface area is 167 Å². The summed E-state index contributed by atoms with van der Waals surface area (Å²) in [5, 5.41) is 34.8. The van der Waals surface area contributed by atoms with Crippen molar-refractivity contribution in [1.82, 2.24) is 0 Å². The molecule has 5 fully saturated rings. The number of cyclic esters (lactones) is 1. The van der Waals surface area contributed by atoms with E-state index in [2.05, 4.69) is 0 Å². The Morgan fingerprint density at radius 2 is 1.76 bits per heavy atom. The lowest BCUT2D eigenvalue weighted by molar-refractivity contribution is -0.199. The first-order chi connectivity index (χ1) is 13.5. The van der Waals surface area contributed by atoms with Crippen LogP contribution in [0.25, 0.3) is 0 Å². The second kappa shape index (κ2) is 4.18. The summed E-state index contributed by atoms with van der Waals surface area (Å²) in [6.45, 7) is 7.68. The van der Waals surface area contributed by atoms with Gasteiger partial charge in [-0.15, -0.1) is 0 Å². The molecule has 7 aliphatic rings. The minimum atomic E-state index is -1.42. The summed E-state index contributed by atoms with van der Waals surface area (Å²) in [4.78, 5) is 12.2. The van der Waals surface area contributed by atoms with Gasteiger partial charge in [0, 0.05) is 17.4 Å². The zero-order valence-corrected chi connectivity index (χ0v) is 16.9. The molecule has 2 spiro atoms. The maximum atomic E-state index is 12.2. The van der Waals surface area contributed by atoms with Gasteiger partial charge in [-0.05, 0) is 19.3 Å². The fourth-order valence-corrected chi connectivity index (χ4v) is 8.42. The molecule has 4 aliphatic heterocycles. The quantitative estimate of drug-likeness (QED) is 0.396. The molecule has 0 amide bonds. The van der Waals surface area contributed by atoms with Crippen LogP contribution in [0.4, 0.5) is 0 Å². The summed E-state index contributed by atoms with van der Waals surface area (Å²) in [5.74, 6) is -0.507. The van der Waals surface area contributed by atoms with Crippen LogP contribution in [0.1, 0.15) is 40.5 Å². The van der Waals surface area contributed by atoms with Gasteiger partial charge in [-0.25, -0.2) is 4.79 Å². The summed E-state index contributed by atoms with van der Waals surface area (Å²) in [6, 6.07) is 0. The van der Waals surface area contributed by atoms with Crippen molar-refractivity contribution in [2.75, 3.05) is 6.61 Å². The molecule has 10 atom stereocenters. The number of fused-ring (bicyclic) bond motifs is 4. The van der Waals surface area contributed by atoms with Gasteiger partial charge in [0.15, 0.2) is 5.60 Å². The van der Waals surface area contributed by atoms with Crippen molar-refractivity contribution in [3.8, 4) is 0 Å². The van der Waals surface area contributed by atoms with Crippen molar-refractivity contribution >= 4 is 5.97 Å². The fourth-order valence-electron chi connectivity index (χ4n) is 8.42. The molecule has 0 unspecified atom stereocenters. The van der Waals surface area contributed by atoms with Gasteiger partial charge in [-0.3, -0.25) is 0 Å². The highest BCUT2D eigenvalue weighted by atomic mass is 16.8. The lowest BCUT2D eigenvalue weighted by atomic mass is 9.42. The molecule has 7 rings (SSSR count). The first-order valence-corrected chi connectivity index (χ1v) is 10.5. The number of esters is 1. The highest BCUT2D eigenvalue weighted by molar-refractivity contribution is 5.94. The number of carbonyl (C=O) groups is 1. The van der Waals surface area contributed by atoms with E-state index in [-0.39, 0.29) is 43.1 Å². The van der Waals surface area contributed by atoms with Gasteiger partial charge in [0.1, 0.15) is 41.2 Å². The largest absolute Gasteiger partial charge is 0.458 e. The first-order valence-electron chi connectivity index (χ1n) is 10.5. The molecular weight excluding hydrogens is 380 g/mol. The molecule has 3 saturated heterocycles. The first kappa shape index (κ1) is 17.6. The average Bonchev–Trinajstić information content (AvgIpc) is 3.50. The molecule has 2 saturated carbocycles. The van der Waals surface area contributed by atoms with Gasteiger partial charge >= 0.3 is 5.97 Å². The summed E-state index contributed by atoms with van der Waals surface area (Å²) < 4.78 is 24.1. The Morgan fingerprint density at radius 3 is 2.45 bits per heavy atom. The van der Waals surface area contributed by atoms with Crippen LogP contribution < -0.4 is 0 Å². The van der Waals surface area contributed by atoms with E-state index >= 15 is 0 Å².